The molecule has 0 saturated heterocycles. The van der Waals surface area contributed by atoms with Crippen molar-refractivity contribution in [1.82, 2.24) is 5.32 Å². The van der Waals surface area contributed by atoms with Gasteiger partial charge in [0, 0.05) is 0 Å². The molecule has 0 amide bonds. The molecule has 1 aliphatic heterocycles. The number of fused-ring (bicyclic) bond motifs is 1. The molecule has 0 atom stereocenters. The van der Waals surface area contributed by atoms with E-state index in [-0.39, 0.29) is 5.60 Å². The van der Waals surface area contributed by atoms with Crippen LogP contribution in [-0.2, 0) is 13.0 Å². The summed E-state index contributed by atoms with van der Waals surface area (Å²) in [6, 6.07) is 10.3. The van der Waals surface area contributed by atoms with E-state index in [2.05, 4.69) is 42.7 Å². The highest BCUT2D eigenvalue weighted by Gasteiger charge is 2.25. The quantitative estimate of drug-likeness (QED) is 0.829. The highest BCUT2D eigenvalue weighted by atomic mass is 16.5. The molecule has 4 nitrogen and oxygen atoms in total. The van der Waals surface area contributed by atoms with Crippen LogP contribution in [0.3, 0.4) is 0 Å². The van der Waals surface area contributed by atoms with Gasteiger partial charge in [-0.1, -0.05) is 6.07 Å². The Bertz CT molecular complexity index is 591. The monoisotopic (exact) mass is 286 g/mol. The summed E-state index contributed by atoms with van der Waals surface area (Å²) in [6.45, 7) is 6.71. The van der Waals surface area contributed by atoms with Gasteiger partial charge >= 0.3 is 0 Å². The lowest BCUT2D eigenvalue weighted by molar-refractivity contribution is 0.116. The number of furan rings is 1. The van der Waals surface area contributed by atoms with Crippen molar-refractivity contribution in [3.8, 4) is 5.75 Å². The Balaban J connectivity index is 1.53. The lowest BCUT2D eigenvalue weighted by atomic mass is 10.0. The van der Waals surface area contributed by atoms with Crippen LogP contribution in [0.15, 0.2) is 41.0 Å². The third-order valence-corrected chi connectivity index (χ3v) is 3.60. The summed E-state index contributed by atoms with van der Waals surface area (Å²) < 4.78 is 11.2. The second-order valence-corrected chi connectivity index (χ2v) is 6.05. The molecule has 2 N–H and O–H groups in total. The minimum Gasteiger partial charge on any atom is -0.484 e. The maximum absolute atomic E-state index is 5.96. The molecule has 2 aromatic rings. The van der Waals surface area contributed by atoms with Crippen molar-refractivity contribution in [2.45, 2.75) is 32.4 Å². The van der Waals surface area contributed by atoms with Crippen LogP contribution < -0.4 is 15.4 Å². The molecule has 112 valence electrons. The van der Waals surface area contributed by atoms with E-state index in [1.165, 1.54) is 5.56 Å². The molecule has 2 heterocycles. The van der Waals surface area contributed by atoms with E-state index in [0.717, 1.165) is 43.3 Å². The Hall–Kier alpha value is -1.94. The van der Waals surface area contributed by atoms with Gasteiger partial charge in [0.15, 0.2) is 0 Å². The molecule has 0 fully saturated rings. The van der Waals surface area contributed by atoms with E-state index in [4.69, 9.17) is 9.15 Å². The molecule has 0 bridgehead atoms. The minimum absolute atomic E-state index is 0.140. The van der Waals surface area contributed by atoms with Crippen molar-refractivity contribution < 1.29 is 9.15 Å². The van der Waals surface area contributed by atoms with Gasteiger partial charge in [-0.2, -0.15) is 0 Å². The molecule has 3 rings (SSSR count). The average molecular weight is 286 g/mol. The van der Waals surface area contributed by atoms with Crippen molar-refractivity contribution in [2.75, 3.05) is 18.4 Å². The van der Waals surface area contributed by atoms with E-state index in [1.807, 2.05) is 12.1 Å². The van der Waals surface area contributed by atoms with Gasteiger partial charge in [-0.15, -0.1) is 0 Å². The van der Waals surface area contributed by atoms with Crippen molar-refractivity contribution in [3.05, 3.63) is 47.9 Å². The third kappa shape index (κ3) is 3.58. The van der Waals surface area contributed by atoms with Crippen LogP contribution in [0, 0.1) is 0 Å². The summed E-state index contributed by atoms with van der Waals surface area (Å²) in [5.41, 5.74) is 2.26. The van der Waals surface area contributed by atoms with Gasteiger partial charge in [0.25, 0.3) is 0 Å². The zero-order chi connectivity index (χ0) is 14.7. The van der Waals surface area contributed by atoms with Crippen molar-refractivity contribution in [3.63, 3.8) is 0 Å². The number of ether oxygens (including phenoxy) is 1. The summed E-state index contributed by atoms with van der Waals surface area (Å²) in [4.78, 5) is 0. The highest BCUT2D eigenvalue weighted by Crippen LogP contribution is 2.33. The summed E-state index contributed by atoms with van der Waals surface area (Å²) in [5.74, 6) is 1.91. The summed E-state index contributed by atoms with van der Waals surface area (Å²) >= 11 is 0. The first-order chi connectivity index (χ1) is 10.1. The van der Waals surface area contributed by atoms with Crippen molar-refractivity contribution in [1.29, 1.82) is 0 Å². The minimum atomic E-state index is -0.140. The molecule has 4 heteroatoms. The maximum atomic E-state index is 5.96. The lowest BCUT2D eigenvalue weighted by Crippen LogP contribution is -2.40. The zero-order valence-electron chi connectivity index (χ0n) is 12.6. The SMILES string of the molecule is CC1(C)CNc2cc(CCNCc3ccco3)ccc2O1. The van der Waals surface area contributed by atoms with Gasteiger partial charge in [-0.25, -0.2) is 0 Å². The summed E-state index contributed by atoms with van der Waals surface area (Å²) in [7, 11) is 0. The molecule has 21 heavy (non-hydrogen) atoms. The van der Waals surface area contributed by atoms with Crippen LogP contribution in [0.4, 0.5) is 5.69 Å². The van der Waals surface area contributed by atoms with Gasteiger partial charge in [-0.3, -0.25) is 0 Å². The molecule has 1 aliphatic rings. The smallest absolute Gasteiger partial charge is 0.143 e. The second kappa shape index (κ2) is 5.82. The van der Waals surface area contributed by atoms with Crippen LogP contribution in [-0.4, -0.2) is 18.7 Å². The first-order valence-corrected chi connectivity index (χ1v) is 7.41. The zero-order valence-corrected chi connectivity index (χ0v) is 12.6. The molecule has 1 aromatic carbocycles. The van der Waals surface area contributed by atoms with Crippen molar-refractivity contribution >= 4 is 5.69 Å². The fourth-order valence-electron chi connectivity index (χ4n) is 2.46. The average Bonchev–Trinajstić information content (AvgIpc) is 2.96. The fourth-order valence-corrected chi connectivity index (χ4v) is 2.46. The van der Waals surface area contributed by atoms with Crippen LogP contribution in [0.1, 0.15) is 25.2 Å². The van der Waals surface area contributed by atoms with Crippen LogP contribution in [0.25, 0.3) is 0 Å². The predicted molar refractivity (Wildman–Crippen MR) is 83.8 cm³/mol. The van der Waals surface area contributed by atoms with E-state index >= 15 is 0 Å². The Morgan fingerprint density at radius 3 is 3.00 bits per heavy atom. The Morgan fingerprint density at radius 2 is 2.19 bits per heavy atom. The van der Waals surface area contributed by atoms with Crippen LogP contribution in [0.5, 0.6) is 5.75 Å². The van der Waals surface area contributed by atoms with Crippen LogP contribution >= 0.6 is 0 Å². The lowest BCUT2D eigenvalue weighted by Gasteiger charge is -2.33. The Morgan fingerprint density at radius 1 is 1.29 bits per heavy atom. The van der Waals surface area contributed by atoms with Crippen molar-refractivity contribution in [2.24, 2.45) is 0 Å². The molecule has 0 radical (unpaired) electrons. The first-order valence-electron chi connectivity index (χ1n) is 7.41. The van der Waals surface area contributed by atoms with Gasteiger partial charge in [-0.05, 0) is 56.6 Å². The number of anilines is 1. The predicted octanol–water partition coefficient (Wildman–Crippen LogP) is 3.19. The molecular formula is C17H22N2O2. The van der Waals surface area contributed by atoms with Gasteiger partial charge in [0.2, 0.25) is 0 Å². The third-order valence-electron chi connectivity index (χ3n) is 3.60. The molecule has 0 spiro atoms. The number of rotatable bonds is 5. The Labute approximate surface area is 125 Å². The molecule has 1 aromatic heterocycles. The number of hydrogen-bond acceptors (Lipinski definition) is 4. The molecule has 0 aliphatic carbocycles. The van der Waals surface area contributed by atoms with Gasteiger partial charge in [0.1, 0.15) is 17.1 Å². The summed E-state index contributed by atoms with van der Waals surface area (Å²) in [6.07, 6.45) is 2.69. The Kier molecular flexibility index (Phi) is 3.88. The molecular weight excluding hydrogens is 264 g/mol. The number of hydrogen-bond donors (Lipinski definition) is 2. The van der Waals surface area contributed by atoms with E-state index in [9.17, 15) is 0 Å². The topological polar surface area (TPSA) is 46.4 Å². The van der Waals surface area contributed by atoms with Gasteiger partial charge in [0.05, 0.1) is 25.0 Å². The van der Waals surface area contributed by atoms with Crippen LogP contribution in [0.2, 0.25) is 0 Å². The number of benzene rings is 1. The van der Waals surface area contributed by atoms with E-state index in [1.54, 1.807) is 6.26 Å². The fraction of sp³-hybridized carbons (Fsp3) is 0.412. The van der Waals surface area contributed by atoms with Gasteiger partial charge < -0.3 is 19.8 Å². The number of nitrogens with one attached hydrogen (secondary N) is 2. The molecule has 0 saturated carbocycles. The molecule has 0 unspecified atom stereocenters. The maximum Gasteiger partial charge on any atom is 0.143 e. The first kappa shape index (κ1) is 14.0. The van der Waals surface area contributed by atoms with E-state index < -0.39 is 0 Å². The largest absolute Gasteiger partial charge is 0.484 e. The normalized spacial score (nSPS) is 15.9. The standard InChI is InChI=1S/C17H22N2O2/c1-17(2)12-19-15-10-13(5-6-16(15)21-17)7-8-18-11-14-4-3-9-20-14/h3-6,9-10,18-19H,7-8,11-12H2,1-2H3. The van der Waals surface area contributed by atoms with E-state index in [0.29, 0.717) is 0 Å². The highest BCUT2D eigenvalue weighted by molar-refractivity contribution is 5.60. The second-order valence-electron chi connectivity index (χ2n) is 6.05. The summed E-state index contributed by atoms with van der Waals surface area (Å²) in [5, 5.41) is 6.83.